The van der Waals surface area contributed by atoms with Crippen LogP contribution in [0.15, 0.2) is 23.3 Å². The third-order valence-corrected chi connectivity index (χ3v) is 7.12. The summed E-state index contributed by atoms with van der Waals surface area (Å²) in [6.07, 6.45) is 3.33. The summed E-state index contributed by atoms with van der Waals surface area (Å²) >= 11 is 0. The van der Waals surface area contributed by atoms with Gasteiger partial charge in [0.2, 0.25) is 5.43 Å². The molecule has 2 saturated heterocycles. The van der Waals surface area contributed by atoms with E-state index in [9.17, 15) is 14.4 Å². The van der Waals surface area contributed by atoms with Crippen molar-refractivity contribution < 1.29 is 28.4 Å². The van der Waals surface area contributed by atoms with Crippen LogP contribution >= 0.6 is 0 Å². The van der Waals surface area contributed by atoms with Crippen LogP contribution in [0.25, 0.3) is 11.0 Å². The Balaban J connectivity index is 1.75. The van der Waals surface area contributed by atoms with E-state index in [2.05, 4.69) is 4.98 Å². The van der Waals surface area contributed by atoms with Crippen molar-refractivity contribution in [3.63, 3.8) is 0 Å². The molecule has 1 amide bonds. The Bertz CT molecular complexity index is 1270. The van der Waals surface area contributed by atoms with Crippen LogP contribution in [0.3, 0.4) is 0 Å². The second kappa shape index (κ2) is 9.43. The Morgan fingerprint density at radius 3 is 2.43 bits per heavy atom. The molecule has 2 aromatic heterocycles. The zero-order valence-electron chi connectivity index (χ0n) is 22.9. The highest BCUT2D eigenvalue weighted by molar-refractivity contribution is 6.62. The summed E-state index contributed by atoms with van der Waals surface area (Å²) in [6.45, 7) is 15.9. The Kier molecular flexibility index (Phi) is 6.92. The monoisotopic (exact) mass is 513 g/mol. The van der Waals surface area contributed by atoms with E-state index in [1.54, 1.807) is 28.7 Å². The maximum Gasteiger partial charge on any atom is 0.496 e. The number of fused-ring (bicyclic) bond motifs is 1. The van der Waals surface area contributed by atoms with Crippen molar-refractivity contribution in [1.29, 1.82) is 0 Å². The molecule has 2 aromatic rings. The minimum atomic E-state index is -0.713. The van der Waals surface area contributed by atoms with Gasteiger partial charge in [0, 0.05) is 30.9 Å². The van der Waals surface area contributed by atoms with Crippen molar-refractivity contribution in [2.75, 3.05) is 19.7 Å². The fourth-order valence-electron chi connectivity index (χ4n) is 4.45. The third-order valence-electron chi connectivity index (χ3n) is 7.12. The number of pyridine rings is 2. The van der Waals surface area contributed by atoms with Crippen LogP contribution in [0.4, 0.5) is 4.79 Å². The lowest BCUT2D eigenvalue weighted by atomic mass is 9.80. The maximum absolute atomic E-state index is 13.4. The fourth-order valence-corrected chi connectivity index (χ4v) is 4.45. The number of rotatable bonds is 4. The molecule has 200 valence electrons. The standard InChI is InChI=1S/C26H36BN3O7/c1-9-34-22(32)19-15-30(17-10-11-29(14-17)23(33)35-24(2,3)4)21-18(20(19)31)12-16(13-28-21)27-36-25(5,6)26(7,8)37-27/h12-13,15,17H,9-11,14H2,1-8H3/t17-/m0/s1. The normalized spacial score (nSPS) is 20.9. The molecule has 4 heterocycles. The highest BCUT2D eigenvalue weighted by Crippen LogP contribution is 2.36. The zero-order valence-corrected chi connectivity index (χ0v) is 22.9. The van der Waals surface area contributed by atoms with Gasteiger partial charge < -0.3 is 28.2 Å². The quantitative estimate of drug-likeness (QED) is 0.454. The highest BCUT2D eigenvalue weighted by Gasteiger charge is 2.52. The topological polar surface area (TPSA) is 109 Å². The summed E-state index contributed by atoms with van der Waals surface area (Å²) in [5.41, 5.74) is -1.30. The average molecular weight is 513 g/mol. The van der Waals surface area contributed by atoms with Crippen LogP contribution < -0.4 is 10.9 Å². The summed E-state index contributed by atoms with van der Waals surface area (Å²) < 4.78 is 24.8. The average Bonchev–Trinajstić information content (AvgIpc) is 3.35. The van der Waals surface area contributed by atoms with E-state index in [-0.39, 0.29) is 23.6 Å². The van der Waals surface area contributed by atoms with E-state index >= 15 is 0 Å². The number of amides is 1. The van der Waals surface area contributed by atoms with Crippen molar-refractivity contribution in [3.8, 4) is 0 Å². The van der Waals surface area contributed by atoms with Gasteiger partial charge in [0.25, 0.3) is 0 Å². The molecule has 11 heteroatoms. The molecule has 4 rings (SSSR count). The largest absolute Gasteiger partial charge is 0.496 e. The molecule has 0 spiro atoms. The third kappa shape index (κ3) is 5.24. The van der Waals surface area contributed by atoms with Crippen LogP contribution in [0.5, 0.6) is 0 Å². The van der Waals surface area contributed by atoms with Crippen LogP contribution in [0, 0.1) is 0 Å². The molecule has 0 aliphatic carbocycles. The minimum absolute atomic E-state index is 0.0852. The Morgan fingerprint density at radius 1 is 1.19 bits per heavy atom. The first-order valence-electron chi connectivity index (χ1n) is 12.7. The highest BCUT2D eigenvalue weighted by atomic mass is 16.7. The molecule has 0 N–H and O–H groups in total. The molecule has 1 atom stereocenters. The number of aromatic nitrogens is 2. The summed E-state index contributed by atoms with van der Waals surface area (Å²) in [5.74, 6) is -0.703. The molecular formula is C26H36BN3O7. The van der Waals surface area contributed by atoms with Gasteiger partial charge >= 0.3 is 19.2 Å². The van der Waals surface area contributed by atoms with E-state index in [0.29, 0.717) is 30.6 Å². The summed E-state index contributed by atoms with van der Waals surface area (Å²) in [4.78, 5) is 45.1. The molecule has 2 aliphatic rings. The van der Waals surface area contributed by atoms with Gasteiger partial charge in [-0.1, -0.05) is 0 Å². The molecule has 0 bridgehead atoms. The number of carbonyl (C=O) groups is 2. The lowest BCUT2D eigenvalue weighted by Gasteiger charge is -2.32. The zero-order chi connectivity index (χ0) is 27.3. The molecule has 0 saturated carbocycles. The van der Waals surface area contributed by atoms with Crippen molar-refractivity contribution in [1.82, 2.24) is 14.5 Å². The van der Waals surface area contributed by atoms with Gasteiger partial charge in [-0.3, -0.25) is 4.79 Å². The van der Waals surface area contributed by atoms with Gasteiger partial charge in [0.15, 0.2) is 0 Å². The lowest BCUT2D eigenvalue weighted by Crippen LogP contribution is -2.41. The number of carbonyl (C=O) groups excluding carboxylic acids is 2. The minimum Gasteiger partial charge on any atom is -0.462 e. The van der Waals surface area contributed by atoms with Gasteiger partial charge in [-0.15, -0.1) is 0 Å². The number of ether oxygens (including phenoxy) is 2. The fraction of sp³-hybridized carbons (Fsp3) is 0.615. The van der Waals surface area contributed by atoms with E-state index < -0.39 is 41.4 Å². The van der Waals surface area contributed by atoms with Crippen LogP contribution in [0.1, 0.15) is 78.2 Å². The van der Waals surface area contributed by atoms with E-state index in [4.69, 9.17) is 18.8 Å². The van der Waals surface area contributed by atoms with Crippen LogP contribution in [-0.2, 0) is 18.8 Å². The number of hydrogen-bond donors (Lipinski definition) is 0. The maximum atomic E-state index is 13.4. The smallest absolute Gasteiger partial charge is 0.462 e. The number of nitrogens with zero attached hydrogens (tertiary/aromatic N) is 3. The first-order valence-corrected chi connectivity index (χ1v) is 12.7. The molecule has 2 aliphatic heterocycles. The predicted molar refractivity (Wildman–Crippen MR) is 139 cm³/mol. The van der Waals surface area contributed by atoms with Crippen LogP contribution in [0.2, 0.25) is 0 Å². The Labute approximate surface area is 217 Å². The number of esters is 1. The second-order valence-electron chi connectivity index (χ2n) is 11.6. The van der Waals surface area contributed by atoms with Crippen molar-refractivity contribution in [2.45, 2.75) is 84.7 Å². The van der Waals surface area contributed by atoms with Gasteiger partial charge in [0.1, 0.15) is 16.8 Å². The van der Waals surface area contributed by atoms with Crippen molar-refractivity contribution in [3.05, 3.63) is 34.2 Å². The van der Waals surface area contributed by atoms with Crippen molar-refractivity contribution in [2.24, 2.45) is 0 Å². The first kappa shape index (κ1) is 27.1. The summed E-state index contributed by atoms with van der Waals surface area (Å²) in [6, 6.07) is 1.46. The van der Waals surface area contributed by atoms with Crippen LogP contribution in [-0.4, -0.2) is 70.1 Å². The molecule has 2 fully saturated rings. The Morgan fingerprint density at radius 2 is 1.84 bits per heavy atom. The molecule has 0 radical (unpaired) electrons. The summed E-state index contributed by atoms with van der Waals surface area (Å²) in [5, 5.41) is 0.258. The van der Waals surface area contributed by atoms with E-state index in [1.165, 1.54) is 6.20 Å². The molecule has 0 unspecified atom stereocenters. The number of likely N-dealkylation sites (tertiary alicyclic amines) is 1. The van der Waals surface area contributed by atoms with E-state index in [1.807, 2.05) is 48.5 Å². The second-order valence-corrected chi connectivity index (χ2v) is 11.6. The molecule has 0 aromatic carbocycles. The predicted octanol–water partition coefficient (Wildman–Crippen LogP) is 3.05. The van der Waals surface area contributed by atoms with Crippen molar-refractivity contribution >= 4 is 35.7 Å². The first-order chi connectivity index (χ1) is 17.1. The van der Waals surface area contributed by atoms with E-state index in [0.717, 1.165) is 0 Å². The molecule has 37 heavy (non-hydrogen) atoms. The lowest BCUT2D eigenvalue weighted by molar-refractivity contribution is 0.00578. The Hall–Kier alpha value is -2.92. The summed E-state index contributed by atoms with van der Waals surface area (Å²) in [7, 11) is -0.713. The SMILES string of the molecule is CCOC(=O)c1cn([C@H]2CCN(C(=O)OC(C)(C)C)C2)c2ncc(B3OC(C)(C)C(C)(C)O3)cc2c1=O. The molecule has 10 nitrogen and oxygen atoms in total. The van der Waals surface area contributed by atoms with Gasteiger partial charge in [-0.2, -0.15) is 0 Å². The van der Waals surface area contributed by atoms with Gasteiger partial charge in [-0.05, 0) is 67.9 Å². The molecular weight excluding hydrogens is 477 g/mol. The van der Waals surface area contributed by atoms with Gasteiger partial charge in [0.05, 0.1) is 29.2 Å². The number of hydrogen-bond acceptors (Lipinski definition) is 8. The van der Waals surface area contributed by atoms with Gasteiger partial charge in [-0.25, -0.2) is 14.6 Å².